The molecule has 8 heteroatoms. The summed E-state index contributed by atoms with van der Waals surface area (Å²) in [6.07, 6.45) is 0. The van der Waals surface area contributed by atoms with Gasteiger partial charge in [0.15, 0.2) is 6.61 Å². The molecule has 2 aromatic carbocycles. The average molecular weight is 423 g/mol. The highest BCUT2D eigenvalue weighted by Gasteiger charge is 2.14. The van der Waals surface area contributed by atoms with E-state index in [0.717, 1.165) is 0 Å². The Hall–Kier alpha value is -2.57. The summed E-state index contributed by atoms with van der Waals surface area (Å²) in [6.45, 7) is 4.60. The van der Waals surface area contributed by atoms with Crippen LogP contribution < -0.4 is 5.32 Å². The van der Waals surface area contributed by atoms with E-state index in [1.165, 1.54) is 18.2 Å². The Labute approximate surface area is 173 Å². The van der Waals surface area contributed by atoms with E-state index in [1.807, 2.05) is 13.8 Å². The fourth-order valence-electron chi connectivity index (χ4n) is 2.47. The summed E-state index contributed by atoms with van der Waals surface area (Å²) >= 11 is 11.7. The van der Waals surface area contributed by atoms with Crippen LogP contribution in [0.4, 0.5) is 5.69 Å². The van der Waals surface area contributed by atoms with Crippen LogP contribution in [0, 0.1) is 0 Å². The van der Waals surface area contributed by atoms with Crippen molar-refractivity contribution in [3.8, 4) is 0 Å². The fourth-order valence-corrected chi connectivity index (χ4v) is 3.00. The zero-order valence-electron chi connectivity index (χ0n) is 15.5. The van der Waals surface area contributed by atoms with E-state index in [2.05, 4.69) is 5.32 Å². The first-order valence-electron chi connectivity index (χ1n) is 8.66. The maximum atomic E-state index is 12.3. The van der Waals surface area contributed by atoms with E-state index in [1.54, 1.807) is 29.2 Å². The summed E-state index contributed by atoms with van der Waals surface area (Å²) in [4.78, 5) is 37.9. The van der Waals surface area contributed by atoms with Crippen LogP contribution in [0.5, 0.6) is 0 Å². The number of hydrogen-bond acceptors (Lipinski definition) is 4. The second-order valence-electron chi connectivity index (χ2n) is 5.84. The molecule has 0 fully saturated rings. The number of hydrogen-bond donors (Lipinski definition) is 1. The molecule has 2 amide bonds. The number of ether oxygens (including phenoxy) is 1. The quantitative estimate of drug-likeness (QED) is 0.675. The van der Waals surface area contributed by atoms with E-state index in [9.17, 15) is 14.4 Å². The predicted molar refractivity (Wildman–Crippen MR) is 109 cm³/mol. The molecule has 0 aliphatic rings. The lowest BCUT2D eigenvalue weighted by molar-refractivity contribution is -0.119. The zero-order valence-corrected chi connectivity index (χ0v) is 17.0. The molecule has 0 saturated heterocycles. The molecule has 148 valence electrons. The second kappa shape index (κ2) is 10.1. The van der Waals surface area contributed by atoms with E-state index in [-0.39, 0.29) is 11.5 Å². The number of esters is 1. The Bertz CT molecular complexity index is 845. The molecule has 0 aromatic heterocycles. The monoisotopic (exact) mass is 422 g/mol. The van der Waals surface area contributed by atoms with Crippen molar-refractivity contribution in [2.24, 2.45) is 0 Å². The number of halogens is 2. The number of carbonyl (C=O) groups is 3. The number of carbonyl (C=O) groups excluding carboxylic acids is 3. The van der Waals surface area contributed by atoms with E-state index >= 15 is 0 Å². The summed E-state index contributed by atoms with van der Waals surface area (Å²) in [5, 5.41) is 3.19. The van der Waals surface area contributed by atoms with Gasteiger partial charge in [-0.15, -0.1) is 0 Å². The summed E-state index contributed by atoms with van der Waals surface area (Å²) in [5.74, 6) is -1.29. The van der Waals surface area contributed by atoms with Gasteiger partial charge in [-0.3, -0.25) is 9.59 Å². The Morgan fingerprint density at radius 1 is 0.929 bits per heavy atom. The lowest BCUT2D eigenvalue weighted by atomic mass is 10.2. The normalized spacial score (nSPS) is 10.3. The Morgan fingerprint density at radius 2 is 1.50 bits per heavy atom. The van der Waals surface area contributed by atoms with Gasteiger partial charge in [0.2, 0.25) is 0 Å². The number of nitrogens with zero attached hydrogens (tertiary/aromatic N) is 1. The number of nitrogens with one attached hydrogen (secondary N) is 1. The van der Waals surface area contributed by atoms with Crippen LogP contribution in [-0.2, 0) is 9.53 Å². The van der Waals surface area contributed by atoms with Gasteiger partial charge in [0.05, 0.1) is 5.56 Å². The van der Waals surface area contributed by atoms with Crippen LogP contribution >= 0.6 is 23.2 Å². The number of rotatable bonds is 7. The third kappa shape index (κ3) is 5.97. The van der Waals surface area contributed by atoms with E-state index in [0.29, 0.717) is 34.4 Å². The molecule has 2 rings (SSSR count). The standard InChI is InChI=1S/C20H20Cl2N2O4/c1-3-24(4-2)19(26)13-5-7-17(8-6-13)23-18(25)12-28-20(27)14-9-15(21)11-16(22)10-14/h5-11H,3-4,12H2,1-2H3,(H,23,25). The summed E-state index contributed by atoms with van der Waals surface area (Å²) in [6, 6.07) is 10.8. The zero-order chi connectivity index (χ0) is 20.7. The smallest absolute Gasteiger partial charge is 0.338 e. The molecule has 0 spiro atoms. The summed E-state index contributed by atoms with van der Waals surface area (Å²) in [7, 11) is 0. The predicted octanol–water partition coefficient (Wildman–Crippen LogP) is 4.27. The number of benzene rings is 2. The third-order valence-corrected chi connectivity index (χ3v) is 4.34. The van der Waals surface area contributed by atoms with Gasteiger partial charge in [0.1, 0.15) is 0 Å². The maximum Gasteiger partial charge on any atom is 0.338 e. The fraction of sp³-hybridized carbons (Fsp3) is 0.250. The van der Waals surface area contributed by atoms with Crippen LogP contribution in [0.2, 0.25) is 10.0 Å². The van der Waals surface area contributed by atoms with Gasteiger partial charge >= 0.3 is 5.97 Å². The molecule has 0 radical (unpaired) electrons. The summed E-state index contributed by atoms with van der Waals surface area (Å²) in [5.41, 5.74) is 1.18. The van der Waals surface area contributed by atoms with Gasteiger partial charge in [0.25, 0.3) is 11.8 Å². The van der Waals surface area contributed by atoms with Gasteiger partial charge < -0.3 is 15.0 Å². The molecule has 0 bridgehead atoms. The minimum atomic E-state index is -0.709. The van der Waals surface area contributed by atoms with Crippen molar-refractivity contribution in [2.45, 2.75) is 13.8 Å². The van der Waals surface area contributed by atoms with Gasteiger partial charge in [-0.1, -0.05) is 23.2 Å². The molecular formula is C20H20Cl2N2O4. The lowest BCUT2D eigenvalue weighted by Gasteiger charge is -2.18. The van der Waals surface area contributed by atoms with Crippen molar-refractivity contribution in [3.05, 3.63) is 63.6 Å². The molecule has 0 heterocycles. The minimum Gasteiger partial charge on any atom is -0.452 e. The van der Waals surface area contributed by atoms with Crippen LogP contribution in [0.1, 0.15) is 34.6 Å². The van der Waals surface area contributed by atoms with Gasteiger partial charge in [-0.25, -0.2) is 4.79 Å². The van der Waals surface area contributed by atoms with Crippen molar-refractivity contribution in [1.29, 1.82) is 0 Å². The van der Waals surface area contributed by atoms with Crippen LogP contribution in [0.3, 0.4) is 0 Å². The Morgan fingerprint density at radius 3 is 2.04 bits per heavy atom. The first-order chi connectivity index (χ1) is 13.3. The number of anilines is 1. The van der Waals surface area contributed by atoms with Crippen molar-refractivity contribution in [3.63, 3.8) is 0 Å². The highest BCUT2D eigenvalue weighted by atomic mass is 35.5. The molecule has 2 aromatic rings. The SMILES string of the molecule is CCN(CC)C(=O)c1ccc(NC(=O)COC(=O)c2cc(Cl)cc(Cl)c2)cc1. The highest BCUT2D eigenvalue weighted by Crippen LogP contribution is 2.19. The van der Waals surface area contributed by atoms with Crippen molar-refractivity contribution >= 4 is 46.7 Å². The molecule has 1 N–H and O–H groups in total. The van der Waals surface area contributed by atoms with E-state index < -0.39 is 18.5 Å². The molecule has 0 aliphatic carbocycles. The molecular weight excluding hydrogens is 403 g/mol. The summed E-state index contributed by atoms with van der Waals surface area (Å²) < 4.78 is 4.97. The van der Waals surface area contributed by atoms with Crippen LogP contribution in [0.25, 0.3) is 0 Å². The van der Waals surface area contributed by atoms with Crippen molar-refractivity contribution in [2.75, 3.05) is 25.0 Å². The second-order valence-corrected chi connectivity index (χ2v) is 6.71. The third-order valence-electron chi connectivity index (χ3n) is 3.90. The largest absolute Gasteiger partial charge is 0.452 e. The number of amides is 2. The topological polar surface area (TPSA) is 75.7 Å². The van der Waals surface area contributed by atoms with Crippen LogP contribution in [0.15, 0.2) is 42.5 Å². The van der Waals surface area contributed by atoms with Gasteiger partial charge in [0, 0.05) is 34.4 Å². The van der Waals surface area contributed by atoms with Gasteiger partial charge in [-0.05, 0) is 56.3 Å². The van der Waals surface area contributed by atoms with Crippen molar-refractivity contribution in [1.82, 2.24) is 4.90 Å². The first kappa shape index (κ1) is 21.7. The molecule has 6 nitrogen and oxygen atoms in total. The Kier molecular flexibility index (Phi) is 7.84. The van der Waals surface area contributed by atoms with Gasteiger partial charge in [-0.2, -0.15) is 0 Å². The highest BCUT2D eigenvalue weighted by molar-refractivity contribution is 6.35. The Balaban J connectivity index is 1.90. The average Bonchev–Trinajstić information content (AvgIpc) is 2.66. The van der Waals surface area contributed by atoms with Crippen molar-refractivity contribution < 1.29 is 19.1 Å². The molecule has 0 aliphatic heterocycles. The lowest BCUT2D eigenvalue weighted by Crippen LogP contribution is -2.30. The molecule has 0 saturated carbocycles. The molecule has 28 heavy (non-hydrogen) atoms. The molecule has 0 atom stereocenters. The molecule has 0 unspecified atom stereocenters. The maximum absolute atomic E-state index is 12.3. The van der Waals surface area contributed by atoms with E-state index in [4.69, 9.17) is 27.9 Å². The van der Waals surface area contributed by atoms with Crippen LogP contribution in [-0.4, -0.2) is 42.4 Å². The minimum absolute atomic E-state index is 0.0722. The first-order valence-corrected chi connectivity index (χ1v) is 9.42.